The molecule has 2 rings (SSSR count). The van der Waals surface area contributed by atoms with Gasteiger partial charge in [-0.2, -0.15) is 0 Å². The third-order valence-electron chi connectivity index (χ3n) is 4.31. The van der Waals surface area contributed by atoms with Crippen LogP contribution in [0.3, 0.4) is 0 Å². The SMILES string of the molecule is CCCC1CCC(NC)C(Sc2ccccc2[N+](=O)[O-])C1. The summed E-state index contributed by atoms with van der Waals surface area (Å²) in [6.45, 7) is 2.23. The minimum atomic E-state index is -0.275. The normalized spacial score (nSPS) is 25.7. The molecule has 116 valence electrons. The number of thioether (sulfide) groups is 1. The quantitative estimate of drug-likeness (QED) is 0.630. The highest BCUT2D eigenvalue weighted by molar-refractivity contribution is 8.00. The van der Waals surface area contributed by atoms with Gasteiger partial charge < -0.3 is 5.32 Å². The number of hydrogen-bond acceptors (Lipinski definition) is 4. The molecular formula is C16H24N2O2S. The van der Waals surface area contributed by atoms with Crippen molar-refractivity contribution < 1.29 is 4.92 Å². The van der Waals surface area contributed by atoms with Crippen molar-refractivity contribution in [2.45, 2.75) is 55.2 Å². The zero-order valence-corrected chi connectivity index (χ0v) is 13.6. The number of rotatable bonds is 6. The van der Waals surface area contributed by atoms with Gasteiger partial charge in [0.25, 0.3) is 5.69 Å². The fourth-order valence-electron chi connectivity index (χ4n) is 3.21. The van der Waals surface area contributed by atoms with Gasteiger partial charge in [0.1, 0.15) is 0 Å². The number of benzene rings is 1. The fraction of sp³-hybridized carbons (Fsp3) is 0.625. The maximum atomic E-state index is 11.2. The molecule has 1 aromatic carbocycles. The average Bonchev–Trinajstić information content (AvgIpc) is 2.48. The topological polar surface area (TPSA) is 55.2 Å². The molecule has 4 nitrogen and oxygen atoms in total. The highest BCUT2D eigenvalue weighted by Gasteiger charge is 2.31. The Labute approximate surface area is 130 Å². The lowest BCUT2D eigenvalue weighted by Crippen LogP contribution is -2.40. The molecule has 3 atom stereocenters. The van der Waals surface area contributed by atoms with Crippen LogP contribution in [0.15, 0.2) is 29.2 Å². The molecule has 1 aromatic rings. The van der Waals surface area contributed by atoms with Crippen LogP contribution in [0.2, 0.25) is 0 Å². The zero-order chi connectivity index (χ0) is 15.2. The lowest BCUT2D eigenvalue weighted by Gasteiger charge is -2.35. The number of nitrogens with one attached hydrogen (secondary N) is 1. The van der Waals surface area contributed by atoms with E-state index in [0.29, 0.717) is 11.3 Å². The molecule has 0 heterocycles. The van der Waals surface area contributed by atoms with Crippen molar-refractivity contribution in [1.82, 2.24) is 5.32 Å². The van der Waals surface area contributed by atoms with Crippen LogP contribution in [-0.2, 0) is 0 Å². The molecule has 1 aliphatic carbocycles. The molecule has 0 aromatic heterocycles. The fourth-order valence-corrected chi connectivity index (χ4v) is 4.76. The van der Waals surface area contributed by atoms with Crippen LogP contribution in [0.5, 0.6) is 0 Å². The highest BCUT2D eigenvalue weighted by atomic mass is 32.2. The minimum Gasteiger partial charge on any atom is -0.316 e. The molecule has 1 aliphatic rings. The summed E-state index contributed by atoms with van der Waals surface area (Å²) >= 11 is 1.68. The summed E-state index contributed by atoms with van der Waals surface area (Å²) in [7, 11) is 2.00. The van der Waals surface area contributed by atoms with Gasteiger partial charge in [-0.05, 0) is 38.3 Å². The highest BCUT2D eigenvalue weighted by Crippen LogP contribution is 2.40. The van der Waals surface area contributed by atoms with Crippen molar-refractivity contribution in [3.63, 3.8) is 0 Å². The van der Waals surface area contributed by atoms with Crippen molar-refractivity contribution in [1.29, 1.82) is 0 Å². The largest absolute Gasteiger partial charge is 0.316 e. The lowest BCUT2D eigenvalue weighted by atomic mass is 9.83. The van der Waals surface area contributed by atoms with E-state index in [-0.39, 0.29) is 10.6 Å². The molecule has 1 saturated carbocycles. The maximum Gasteiger partial charge on any atom is 0.282 e. The van der Waals surface area contributed by atoms with Crippen LogP contribution in [-0.4, -0.2) is 23.3 Å². The molecule has 0 aliphatic heterocycles. The molecule has 21 heavy (non-hydrogen) atoms. The van der Waals surface area contributed by atoms with E-state index in [4.69, 9.17) is 0 Å². The van der Waals surface area contributed by atoms with Gasteiger partial charge in [0.15, 0.2) is 0 Å². The third kappa shape index (κ3) is 4.20. The van der Waals surface area contributed by atoms with E-state index in [0.717, 1.165) is 17.2 Å². The molecule has 1 N–H and O–H groups in total. The Balaban J connectivity index is 2.13. The third-order valence-corrected chi connectivity index (χ3v) is 5.73. The van der Waals surface area contributed by atoms with Crippen molar-refractivity contribution in [2.24, 2.45) is 5.92 Å². The van der Waals surface area contributed by atoms with Gasteiger partial charge in [-0.15, -0.1) is 11.8 Å². The minimum absolute atomic E-state index is 0.231. The first-order valence-electron chi connectivity index (χ1n) is 7.73. The second kappa shape index (κ2) is 7.80. The first kappa shape index (κ1) is 16.3. The number of nitro groups is 1. The van der Waals surface area contributed by atoms with Gasteiger partial charge in [0.05, 0.1) is 9.82 Å². The molecule has 5 heteroatoms. The molecule has 0 amide bonds. The van der Waals surface area contributed by atoms with Crippen LogP contribution >= 0.6 is 11.8 Å². The van der Waals surface area contributed by atoms with Crippen LogP contribution in [0, 0.1) is 16.0 Å². The van der Waals surface area contributed by atoms with Gasteiger partial charge in [0, 0.05) is 17.4 Å². The number of nitro benzene ring substituents is 1. The second-order valence-corrected chi connectivity index (χ2v) is 7.03. The zero-order valence-electron chi connectivity index (χ0n) is 12.7. The molecular weight excluding hydrogens is 284 g/mol. The average molecular weight is 308 g/mol. The van der Waals surface area contributed by atoms with E-state index in [1.807, 2.05) is 19.2 Å². The molecule has 3 unspecified atom stereocenters. The Morgan fingerprint density at radius 3 is 2.81 bits per heavy atom. The van der Waals surface area contributed by atoms with Crippen LogP contribution in [0.25, 0.3) is 0 Å². The van der Waals surface area contributed by atoms with Crippen molar-refractivity contribution in [3.8, 4) is 0 Å². The standard InChI is InChI=1S/C16H24N2O2S/c1-3-6-12-9-10-13(17-2)16(11-12)21-15-8-5-4-7-14(15)18(19)20/h4-5,7-8,12-13,16-17H,3,6,9-11H2,1-2H3. The molecule has 1 fully saturated rings. The monoisotopic (exact) mass is 308 g/mol. The van der Waals surface area contributed by atoms with Crippen LogP contribution in [0.4, 0.5) is 5.69 Å². The molecule has 0 radical (unpaired) electrons. The first-order chi connectivity index (χ1) is 10.2. The molecule has 0 bridgehead atoms. The van der Waals surface area contributed by atoms with Crippen molar-refractivity contribution in [3.05, 3.63) is 34.4 Å². The summed E-state index contributed by atoms with van der Waals surface area (Å²) in [5, 5.41) is 15.0. The summed E-state index contributed by atoms with van der Waals surface area (Å²) in [5.41, 5.74) is 0.231. The predicted molar refractivity (Wildman–Crippen MR) is 87.8 cm³/mol. The van der Waals surface area contributed by atoms with E-state index in [1.165, 1.54) is 25.7 Å². The van der Waals surface area contributed by atoms with Gasteiger partial charge in [-0.25, -0.2) is 0 Å². The van der Waals surface area contributed by atoms with Crippen molar-refractivity contribution >= 4 is 17.4 Å². The summed E-state index contributed by atoms with van der Waals surface area (Å²) < 4.78 is 0. The Morgan fingerprint density at radius 2 is 2.14 bits per heavy atom. The van der Waals surface area contributed by atoms with Crippen LogP contribution < -0.4 is 5.32 Å². The Kier molecular flexibility index (Phi) is 6.06. The number of nitrogens with zero attached hydrogens (tertiary/aromatic N) is 1. The van der Waals surface area contributed by atoms with Crippen molar-refractivity contribution in [2.75, 3.05) is 7.05 Å². The smallest absolute Gasteiger partial charge is 0.282 e. The van der Waals surface area contributed by atoms with E-state index >= 15 is 0 Å². The van der Waals surface area contributed by atoms with Gasteiger partial charge in [-0.3, -0.25) is 10.1 Å². The Hall–Kier alpha value is -1.07. The van der Waals surface area contributed by atoms with E-state index in [1.54, 1.807) is 23.9 Å². The number of hydrogen-bond donors (Lipinski definition) is 1. The van der Waals surface area contributed by atoms with Gasteiger partial charge in [-0.1, -0.05) is 31.9 Å². The van der Waals surface area contributed by atoms with E-state index < -0.39 is 0 Å². The summed E-state index contributed by atoms with van der Waals surface area (Å²) in [6.07, 6.45) is 6.07. The Morgan fingerprint density at radius 1 is 1.38 bits per heavy atom. The number of para-hydroxylation sites is 1. The Bertz CT molecular complexity index is 481. The summed E-state index contributed by atoms with van der Waals surface area (Å²) in [5.74, 6) is 0.764. The first-order valence-corrected chi connectivity index (χ1v) is 8.61. The summed E-state index contributed by atoms with van der Waals surface area (Å²) in [6, 6.07) is 7.54. The van der Waals surface area contributed by atoms with E-state index in [2.05, 4.69) is 12.2 Å². The summed E-state index contributed by atoms with van der Waals surface area (Å²) in [4.78, 5) is 11.7. The molecule has 0 spiro atoms. The lowest BCUT2D eigenvalue weighted by molar-refractivity contribution is -0.387. The molecule has 0 saturated heterocycles. The van der Waals surface area contributed by atoms with Crippen LogP contribution in [0.1, 0.15) is 39.0 Å². The maximum absolute atomic E-state index is 11.2. The predicted octanol–water partition coefficient (Wildman–Crippen LogP) is 4.24. The van der Waals surface area contributed by atoms with E-state index in [9.17, 15) is 10.1 Å². The second-order valence-electron chi connectivity index (χ2n) is 5.74. The van der Waals surface area contributed by atoms with Gasteiger partial charge in [0.2, 0.25) is 0 Å². The van der Waals surface area contributed by atoms with Gasteiger partial charge >= 0.3 is 0 Å².